The van der Waals surface area contributed by atoms with E-state index in [2.05, 4.69) is 10.2 Å². The van der Waals surface area contributed by atoms with Gasteiger partial charge < -0.3 is 15.1 Å². The lowest BCUT2D eigenvalue weighted by atomic mass is 10.1. The first-order valence-electron chi connectivity index (χ1n) is 8.45. The second-order valence-electron chi connectivity index (χ2n) is 6.69. The van der Waals surface area contributed by atoms with Crippen molar-refractivity contribution in [3.63, 3.8) is 0 Å². The van der Waals surface area contributed by atoms with Crippen molar-refractivity contribution in [3.8, 4) is 0 Å². The van der Waals surface area contributed by atoms with Crippen LogP contribution in [0.5, 0.6) is 0 Å². The molecule has 2 amide bonds. The summed E-state index contributed by atoms with van der Waals surface area (Å²) in [4.78, 5) is 28.2. The van der Waals surface area contributed by atoms with Crippen LogP contribution in [0.15, 0.2) is 30.3 Å². The monoisotopic (exact) mass is 315 g/mol. The van der Waals surface area contributed by atoms with Crippen molar-refractivity contribution >= 4 is 17.5 Å². The normalized spacial score (nSPS) is 20.7. The Bertz CT molecular complexity index is 557. The van der Waals surface area contributed by atoms with Crippen LogP contribution in [0.2, 0.25) is 0 Å². The Morgan fingerprint density at radius 2 is 2.04 bits per heavy atom. The second kappa shape index (κ2) is 7.02. The quantitative estimate of drug-likeness (QED) is 0.829. The van der Waals surface area contributed by atoms with E-state index < -0.39 is 0 Å². The Morgan fingerprint density at radius 3 is 2.74 bits per heavy atom. The number of hydrogen-bond donors (Lipinski definition) is 1. The molecule has 1 saturated heterocycles. The zero-order valence-electron chi connectivity index (χ0n) is 13.7. The third-order valence-corrected chi connectivity index (χ3v) is 4.70. The van der Waals surface area contributed by atoms with E-state index >= 15 is 0 Å². The molecule has 0 bridgehead atoms. The van der Waals surface area contributed by atoms with E-state index in [1.54, 1.807) is 0 Å². The highest BCUT2D eigenvalue weighted by Crippen LogP contribution is 2.31. The SMILES string of the molecule is CN(CCNC(=O)[C@H]1CC(=O)N(CC2CC2)C1)c1ccccc1. The molecule has 0 aromatic heterocycles. The third kappa shape index (κ3) is 4.24. The van der Waals surface area contributed by atoms with E-state index in [0.29, 0.717) is 25.4 Å². The maximum absolute atomic E-state index is 12.2. The summed E-state index contributed by atoms with van der Waals surface area (Å²) in [5.74, 6) is 0.653. The molecule has 1 saturated carbocycles. The number of carbonyl (C=O) groups excluding carboxylic acids is 2. The maximum Gasteiger partial charge on any atom is 0.225 e. The van der Waals surface area contributed by atoms with Crippen molar-refractivity contribution in [2.24, 2.45) is 11.8 Å². The van der Waals surface area contributed by atoms with Crippen LogP contribution in [-0.4, -0.2) is 49.9 Å². The first-order valence-corrected chi connectivity index (χ1v) is 8.45. The van der Waals surface area contributed by atoms with E-state index in [4.69, 9.17) is 0 Å². The van der Waals surface area contributed by atoms with E-state index in [9.17, 15) is 9.59 Å². The fraction of sp³-hybridized carbons (Fsp3) is 0.556. The largest absolute Gasteiger partial charge is 0.373 e. The van der Waals surface area contributed by atoms with Crippen LogP contribution >= 0.6 is 0 Å². The molecule has 1 aliphatic carbocycles. The number of likely N-dealkylation sites (N-methyl/N-ethyl adjacent to an activating group) is 1. The van der Waals surface area contributed by atoms with Gasteiger partial charge in [-0.15, -0.1) is 0 Å². The van der Waals surface area contributed by atoms with Crippen LogP contribution < -0.4 is 10.2 Å². The molecule has 0 unspecified atom stereocenters. The number of rotatable bonds is 7. The smallest absolute Gasteiger partial charge is 0.225 e. The lowest BCUT2D eigenvalue weighted by Crippen LogP contribution is -2.37. The number of carbonyl (C=O) groups is 2. The van der Waals surface area contributed by atoms with Crippen molar-refractivity contribution in [1.29, 1.82) is 0 Å². The summed E-state index contributed by atoms with van der Waals surface area (Å²) in [6, 6.07) is 10.1. The van der Waals surface area contributed by atoms with E-state index in [0.717, 1.165) is 18.8 Å². The van der Waals surface area contributed by atoms with Crippen LogP contribution in [0.3, 0.4) is 0 Å². The molecule has 1 aliphatic heterocycles. The van der Waals surface area contributed by atoms with Gasteiger partial charge >= 0.3 is 0 Å². The van der Waals surface area contributed by atoms with Crippen molar-refractivity contribution in [1.82, 2.24) is 10.2 Å². The van der Waals surface area contributed by atoms with Gasteiger partial charge in [0.1, 0.15) is 0 Å². The van der Waals surface area contributed by atoms with Gasteiger partial charge in [0.2, 0.25) is 11.8 Å². The average molecular weight is 315 g/mol. The van der Waals surface area contributed by atoms with Gasteiger partial charge in [-0.2, -0.15) is 0 Å². The highest BCUT2D eigenvalue weighted by molar-refractivity contribution is 5.89. The number of amides is 2. The van der Waals surface area contributed by atoms with Gasteiger partial charge in [-0.3, -0.25) is 9.59 Å². The maximum atomic E-state index is 12.2. The van der Waals surface area contributed by atoms with Crippen molar-refractivity contribution in [3.05, 3.63) is 30.3 Å². The minimum absolute atomic E-state index is 0.0121. The summed E-state index contributed by atoms with van der Waals surface area (Å²) >= 11 is 0. The van der Waals surface area contributed by atoms with Gasteiger partial charge in [0, 0.05) is 45.3 Å². The Kier molecular flexibility index (Phi) is 4.84. The van der Waals surface area contributed by atoms with Gasteiger partial charge in [-0.1, -0.05) is 18.2 Å². The number of benzene rings is 1. The molecule has 5 nitrogen and oxygen atoms in total. The topological polar surface area (TPSA) is 52.7 Å². The van der Waals surface area contributed by atoms with Crippen LogP contribution in [0.25, 0.3) is 0 Å². The summed E-state index contributed by atoms with van der Waals surface area (Å²) in [6.07, 6.45) is 2.83. The molecule has 1 N–H and O–H groups in total. The van der Waals surface area contributed by atoms with Crippen LogP contribution in [0.4, 0.5) is 5.69 Å². The summed E-state index contributed by atoms with van der Waals surface area (Å²) in [5, 5.41) is 2.98. The molecule has 124 valence electrons. The lowest BCUT2D eigenvalue weighted by molar-refractivity contribution is -0.129. The molecule has 0 spiro atoms. The van der Waals surface area contributed by atoms with Gasteiger partial charge in [0.05, 0.1) is 5.92 Å². The standard InChI is InChI=1S/C18H25N3O2/c1-20(16-5-3-2-4-6-16)10-9-19-18(23)15-11-17(22)21(13-15)12-14-7-8-14/h2-6,14-15H,7-13H2,1H3,(H,19,23)/t15-/m0/s1. The summed E-state index contributed by atoms with van der Waals surface area (Å²) in [5.41, 5.74) is 1.13. The zero-order valence-corrected chi connectivity index (χ0v) is 13.7. The van der Waals surface area contributed by atoms with Crippen LogP contribution in [0, 0.1) is 11.8 Å². The summed E-state index contributed by atoms with van der Waals surface area (Å²) in [7, 11) is 2.01. The first-order chi connectivity index (χ1) is 11.1. The molecule has 1 atom stereocenters. The summed E-state index contributed by atoms with van der Waals surface area (Å²) in [6.45, 7) is 2.79. The highest BCUT2D eigenvalue weighted by atomic mass is 16.2. The Hall–Kier alpha value is -2.04. The predicted octanol–water partition coefficient (Wildman–Crippen LogP) is 1.50. The molecular formula is C18H25N3O2. The van der Waals surface area contributed by atoms with Gasteiger partial charge in [0.15, 0.2) is 0 Å². The molecule has 1 aromatic rings. The fourth-order valence-corrected chi connectivity index (χ4v) is 3.04. The van der Waals surface area contributed by atoms with E-state index in [1.165, 1.54) is 12.8 Å². The number of hydrogen-bond acceptors (Lipinski definition) is 3. The zero-order chi connectivity index (χ0) is 16.2. The highest BCUT2D eigenvalue weighted by Gasteiger charge is 2.36. The van der Waals surface area contributed by atoms with Crippen molar-refractivity contribution < 1.29 is 9.59 Å². The molecule has 0 radical (unpaired) electrons. The minimum Gasteiger partial charge on any atom is -0.373 e. The number of nitrogens with zero attached hydrogens (tertiary/aromatic N) is 2. The Labute approximate surface area is 137 Å². The van der Waals surface area contributed by atoms with Gasteiger partial charge in [0.25, 0.3) is 0 Å². The Morgan fingerprint density at radius 1 is 1.30 bits per heavy atom. The third-order valence-electron chi connectivity index (χ3n) is 4.70. The number of para-hydroxylation sites is 1. The minimum atomic E-state index is -0.178. The molecule has 2 fully saturated rings. The summed E-state index contributed by atoms with van der Waals surface area (Å²) < 4.78 is 0. The predicted molar refractivity (Wildman–Crippen MR) is 90.1 cm³/mol. The van der Waals surface area contributed by atoms with Crippen LogP contribution in [0.1, 0.15) is 19.3 Å². The van der Waals surface area contributed by atoms with Crippen LogP contribution in [-0.2, 0) is 9.59 Å². The Balaban J connectivity index is 1.40. The number of likely N-dealkylation sites (tertiary alicyclic amines) is 1. The van der Waals surface area contributed by atoms with Crippen molar-refractivity contribution in [2.75, 3.05) is 38.1 Å². The molecular weight excluding hydrogens is 290 g/mol. The number of nitrogens with one attached hydrogen (secondary N) is 1. The fourth-order valence-electron chi connectivity index (χ4n) is 3.04. The van der Waals surface area contributed by atoms with E-state index in [-0.39, 0.29) is 17.7 Å². The first kappa shape index (κ1) is 15.8. The van der Waals surface area contributed by atoms with Crippen molar-refractivity contribution in [2.45, 2.75) is 19.3 Å². The number of anilines is 1. The molecule has 23 heavy (non-hydrogen) atoms. The molecule has 2 aliphatic rings. The molecule has 1 heterocycles. The molecule has 1 aromatic carbocycles. The second-order valence-corrected chi connectivity index (χ2v) is 6.69. The molecule has 5 heteroatoms. The molecule has 3 rings (SSSR count). The average Bonchev–Trinajstić information content (AvgIpc) is 3.30. The lowest BCUT2D eigenvalue weighted by Gasteiger charge is -2.20. The van der Waals surface area contributed by atoms with Gasteiger partial charge in [-0.25, -0.2) is 0 Å². The van der Waals surface area contributed by atoms with E-state index in [1.807, 2.05) is 42.3 Å². The van der Waals surface area contributed by atoms with Gasteiger partial charge in [-0.05, 0) is 30.9 Å².